The summed E-state index contributed by atoms with van der Waals surface area (Å²) < 4.78 is 10.9. The van der Waals surface area contributed by atoms with Gasteiger partial charge in [-0.1, -0.05) is 11.6 Å². The third-order valence-corrected chi connectivity index (χ3v) is 3.71. The summed E-state index contributed by atoms with van der Waals surface area (Å²) in [6.45, 7) is 4.42. The number of rotatable bonds is 8. The Labute approximate surface area is 157 Å². The lowest BCUT2D eigenvalue weighted by atomic mass is 10.1. The number of nitro benzene ring substituents is 1. The molecule has 0 heterocycles. The summed E-state index contributed by atoms with van der Waals surface area (Å²) in [4.78, 5) is 22.7. The third-order valence-electron chi connectivity index (χ3n) is 3.71. The maximum absolute atomic E-state index is 12.5. The third kappa shape index (κ3) is 5.81. The van der Waals surface area contributed by atoms with Crippen molar-refractivity contribution in [1.82, 2.24) is 0 Å². The van der Waals surface area contributed by atoms with Crippen molar-refractivity contribution < 1.29 is 19.2 Å². The molecule has 0 saturated heterocycles. The van der Waals surface area contributed by atoms with Crippen molar-refractivity contribution in [3.8, 4) is 11.5 Å². The Kier molecular flexibility index (Phi) is 6.88. The van der Waals surface area contributed by atoms with Crippen molar-refractivity contribution in [2.45, 2.75) is 13.8 Å². The lowest BCUT2D eigenvalue weighted by Crippen LogP contribution is -2.01. The lowest BCUT2D eigenvalue weighted by molar-refractivity contribution is -0.384. The number of carbonyl (C=O) groups is 1. The van der Waals surface area contributed by atoms with E-state index < -0.39 is 4.92 Å². The molecule has 0 bridgehead atoms. The lowest BCUT2D eigenvalue weighted by Gasteiger charge is -2.09. The van der Waals surface area contributed by atoms with Gasteiger partial charge in [0.15, 0.2) is 5.78 Å². The number of benzene rings is 2. The Hall–Kier alpha value is -3.41. The Balaban J connectivity index is 2.12. The maximum Gasteiger partial charge on any atom is 0.269 e. The normalized spacial score (nSPS) is 10.5. The Morgan fingerprint density at radius 1 is 1.15 bits per heavy atom. The average molecular weight is 367 g/mol. The molecule has 2 rings (SSSR count). The molecule has 0 spiro atoms. The van der Waals surface area contributed by atoms with Gasteiger partial charge in [-0.05, 0) is 55.8 Å². The first-order valence-electron chi connectivity index (χ1n) is 8.32. The number of hydrogen-bond acceptors (Lipinski definition) is 5. The smallest absolute Gasteiger partial charge is 0.269 e. The predicted octanol–water partition coefficient (Wildman–Crippen LogP) is 4.84. The summed E-state index contributed by atoms with van der Waals surface area (Å²) in [5.74, 6) is 0.796. The van der Waals surface area contributed by atoms with E-state index in [0.717, 1.165) is 5.57 Å². The molecule has 0 aliphatic rings. The fraction of sp³-hybridized carbons (Fsp3) is 0.190. The van der Waals surface area contributed by atoms with Gasteiger partial charge < -0.3 is 9.47 Å². The zero-order chi connectivity index (χ0) is 19.8. The molecule has 0 amide bonds. The van der Waals surface area contributed by atoms with E-state index >= 15 is 0 Å². The predicted molar refractivity (Wildman–Crippen MR) is 104 cm³/mol. The van der Waals surface area contributed by atoms with Crippen LogP contribution in [0.4, 0.5) is 5.69 Å². The fourth-order valence-corrected chi connectivity index (χ4v) is 2.24. The molecule has 0 aromatic heterocycles. The number of allylic oxidation sites excluding steroid dienone is 2. The molecule has 0 radical (unpaired) electrons. The molecule has 0 aliphatic carbocycles. The van der Waals surface area contributed by atoms with Crippen LogP contribution in [0.2, 0.25) is 0 Å². The van der Waals surface area contributed by atoms with Gasteiger partial charge in [0.1, 0.15) is 18.1 Å². The molecule has 6 heteroatoms. The molecule has 0 aliphatic heterocycles. The number of carbonyl (C=O) groups excluding carboxylic acids is 1. The van der Waals surface area contributed by atoms with Crippen LogP contribution < -0.4 is 9.47 Å². The number of methoxy groups -OCH3 is 1. The molecular weight excluding hydrogens is 346 g/mol. The maximum atomic E-state index is 12.5. The summed E-state index contributed by atoms with van der Waals surface area (Å²) in [6.07, 6.45) is 4.96. The minimum Gasteiger partial charge on any atom is -0.496 e. The second-order valence-electron chi connectivity index (χ2n) is 6.00. The van der Waals surface area contributed by atoms with E-state index in [1.165, 1.54) is 25.3 Å². The molecule has 140 valence electrons. The summed E-state index contributed by atoms with van der Waals surface area (Å²) in [5, 5.41) is 10.7. The molecule has 27 heavy (non-hydrogen) atoms. The van der Waals surface area contributed by atoms with Crippen LogP contribution in [0.25, 0.3) is 6.08 Å². The van der Waals surface area contributed by atoms with E-state index in [4.69, 9.17) is 9.47 Å². The standard InChI is InChI=1S/C21H21NO5/c1-15(2)12-13-27-18-9-10-19(21(14-18)26-3)20(23)11-6-16-4-7-17(8-5-16)22(24)25/h4-12,14H,13H2,1-3H3/b11-6+. The minimum absolute atomic E-state index is 0.00356. The number of ether oxygens (including phenoxy) is 2. The van der Waals surface area contributed by atoms with Crippen LogP contribution in [0, 0.1) is 10.1 Å². The second-order valence-corrected chi connectivity index (χ2v) is 6.00. The quantitative estimate of drug-likeness (QED) is 0.219. The summed E-state index contributed by atoms with van der Waals surface area (Å²) >= 11 is 0. The van der Waals surface area contributed by atoms with Gasteiger partial charge in [-0.25, -0.2) is 0 Å². The first-order valence-corrected chi connectivity index (χ1v) is 8.32. The first kappa shape index (κ1) is 19.9. The second kappa shape index (κ2) is 9.33. The van der Waals surface area contributed by atoms with E-state index in [1.807, 2.05) is 19.9 Å². The van der Waals surface area contributed by atoms with Gasteiger partial charge in [-0.15, -0.1) is 0 Å². The first-order chi connectivity index (χ1) is 12.9. The van der Waals surface area contributed by atoms with E-state index in [9.17, 15) is 14.9 Å². The van der Waals surface area contributed by atoms with Crippen molar-refractivity contribution >= 4 is 17.5 Å². The van der Waals surface area contributed by atoms with Gasteiger partial charge in [-0.3, -0.25) is 14.9 Å². The van der Waals surface area contributed by atoms with Crippen LogP contribution in [0.5, 0.6) is 11.5 Å². The average Bonchev–Trinajstić information content (AvgIpc) is 2.66. The molecule has 0 fully saturated rings. The summed E-state index contributed by atoms with van der Waals surface area (Å²) in [5.41, 5.74) is 2.26. The van der Waals surface area contributed by atoms with Gasteiger partial charge in [-0.2, -0.15) is 0 Å². The number of hydrogen-bond donors (Lipinski definition) is 0. The summed E-state index contributed by atoms with van der Waals surface area (Å²) in [6, 6.07) is 11.0. The van der Waals surface area contributed by atoms with Gasteiger partial charge in [0, 0.05) is 18.2 Å². The largest absolute Gasteiger partial charge is 0.496 e. The van der Waals surface area contributed by atoms with Crippen LogP contribution in [-0.4, -0.2) is 24.4 Å². The van der Waals surface area contributed by atoms with Crippen LogP contribution in [0.3, 0.4) is 0 Å². The molecule has 6 nitrogen and oxygen atoms in total. The van der Waals surface area contributed by atoms with Gasteiger partial charge in [0.25, 0.3) is 5.69 Å². The van der Waals surface area contributed by atoms with Crippen molar-refractivity contribution in [1.29, 1.82) is 0 Å². The molecule has 2 aromatic carbocycles. The zero-order valence-electron chi connectivity index (χ0n) is 15.5. The zero-order valence-corrected chi connectivity index (χ0v) is 15.5. The van der Waals surface area contributed by atoms with E-state index in [-0.39, 0.29) is 11.5 Å². The number of non-ortho nitro benzene ring substituents is 1. The minimum atomic E-state index is -0.468. The van der Waals surface area contributed by atoms with Crippen molar-refractivity contribution in [2.75, 3.05) is 13.7 Å². The molecule has 0 N–H and O–H groups in total. The number of nitro groups is 1. The molecule has 0 saturated carbocycles. The monoisotopic (exact) mass is 367 g/mol. The van der Waals surface area contributed by atoms with Gasteiger partial charge in [0.2, 0.25) is 0 Å². The topological polar surface area (TPSA) is 78.7 Å². The van der Waals surface area contributed by atoms with Crippen LogP contribution >= 0.6 is 0 Å². The van der Waals surface area contributed by atoms with Crippen LogP contribution in [0.15, 0.2) is 60.2 Å². The highest BCUT2D eigenvalue weighted by Gasteiger charge is 2.11. The van der Waals surface area contributed by atoms with Crippen LogP contribution in [-0.2, 0) is 0 Å². The van der Waals surface area contributed by atoms with E-state index in [2.05, 4.69) is 0 Å². The molecular formula is C21H21NO5. The molecule has 0 unspecified atom stereocenters. The van der Waals surface area contributed by atoms with E-state index in [1.54, 1.807) is 36.4 Å². The van der Waals surface area contributed by atoms with Crippen molar-refractivity contribution in [2.24, 2.45) is 0 Å². The van der Waals surface area contributed by atoms with Gasteiger partial charge >= 0.3 is 0 Å². The molecule has 2 aromatic rings. The Bertz CT molecular complexity index is 878. The fourth-order valence-electron chi connectivity index (χ4n) is 2.24. The van der Waals surface area contributed by atoms with Crippen molar-refractivity contribution in [3.63, 3.8) is 0 Å². The number of ketones is 1. The van der Waals surface area contributed by atoms with E-state index in [0.29, 0.717) is 29.2 Å². The Morgan fingerprint density at radius 2 is 1.85 bits per heavy atom. The van der Waals surface area contributed by atoms with Crippen LogP contribution in [0.1, 0.15) is 29.8 Å². The van der Waals surface area contributed by atoms with Gasteiger partial charge in [0.05, 0.1) is 17.6 Å². The highest BCUT2D eigenvalue weighted by molar-refractivity contribution is 6.08. The highest BCUT2D eigenvalue weighted by atomic mass is 16.6. The molecule has 0 atom stereocenters. The summed E-state index contributed by atoms with van der Waals surface area (Å²) in [7, 11) is 1.49. The highest BCUT2D eigenvalue weighted by Crippen LogP contribution is 2.26. The Morgan fingerprint density at radius 3 is 2.44 bits per heavy atom. The number of nitrogens with zero attached hydrogens (tertiary/aromatic N) is 1. The SMILES string of the molecule is COc1cc(OCC=C(C)C)ccc1C(=O)/C=C/c1ccc([N+](=O)[O-])cc1. The van der Waals surface area contributed by atoms with Crippen molar-refractivity contribution in [3.05, 3.63) is 81.4 Å².